The zero-order valence-corrected chi connectivity index (χ0v) is 14.6. The number of aliphatic hydroxyl groups excluding tert-OH is 1. The summed E-state index contributed by atoms with van der Waals surface area (Å²) in [5.74, 6) is 0.767. The summed E-state index contributed by atoms with van der Waals surface area (Å²) in [4.78, 5) is 2.23. The molecule has 134 valence electrons. The molecular formula is C18H28N2O4. The minimum absolute atomic E-state index is 0.286. The van der Waals surface area contributed by atoms with E-state index < -0.39 is 6.10 Å². The van der Waals surface area contributed by atoms with E-state index in [1.807, 2.05) is 31.4 Å². The number of rotatable bonds is 12. The van der Waals surface area contributed by atoms with Gasteiger partial charge in [-0.15, -0.1) is 0 Å². The molecule has 0 aliphatic heterocycles. The molecule has 6 heteroatoms. The quantitative estimate of drug-likeness (QED) is 0.601. The summed E-state index contributed by atoms with van der Waals surface area (Å²) in [5.41, 5.74) is 1.22. The van der Waals surface area contributed by atoms with Gasteiger partial charge >= 0.3 is 0 Å². The summed E-state index contributed by atoms with van der Waals surface area (Å²) < 4.78 is 18.0. The van der Waals surface area contributed by atoms with Crippen LogP contribution in [0.5, 0.6) is 0 Å². The van der Waals surface area contributed by atoms with Gasteiger partial charge in [0.05, 0.1) is 19.0 Å². The normalized spacial score (nSPS) is 12.8. The van der Waals surface area contributed by atoms with Gasteiger partial charge in [0.25, 0.3) is 0 Å². The highest BCUT2D eigenvalue weighted by Crippen LogP contribution is 2.08. The van der Waals surface area contributed by atoms with Crippen molar-refractivity contribution in [1.82, 2.24) is 9.47 Å². The molecule has 6 nitrogen and oxygen atoms in total. The Bertz CT molecular complexity index is 553. The molecule has 2 rings (SSSR count). The Labute approximate surface area is 143 Å². The third kappa shape index (κ3) is 6.49. The summed E-state index contributed by atoms with van der Waals surface area (Å²) in [6.07, 6.45) is 4.04. The lowest BCUT2D eigenvalue weighted by atomic mass is 10.2. The molecule has 0 saturated carbocycles. The lowest BCUT2D eigenvalue weighted by Gasteiger charge is -2.25. The van der Waals surface area contributed by atoms with Crippen LogP contribution in [0.4, 0.5) is 0 Å². The van der Waals surface area contributed by atoms with Crippen LogP contribution in [0.15, 0.2) is 41.1 Å². The zero-order chi connectivity index (χ0) is 17.2. The standard InChI is InChI=1S/C18H28N2O4/c1-19-8-3-6-16(19)12-20(9-5-10-22-2)13-17(21)14-23-15-18-7-4-11-24-18/h3-4,6-8,11,17,21H,5,9-10,12-15H2,1-2H3. The monoisotopic (exact) mass is 336 g/mol. The Balaban J connectivity index is 1.78. The number of nitrogens with zero attached hydrogens (tertiary/aromatic N) is 2. The molecular weight excluding hydrogens is 308 g/mol. The van der Waals surface area contributed by atoms with Gasteiger partial charge in [-0.3, -0.25) is 4.90 Å². The van der Waals surface area contributed by atoms with Crippen molar-refractivity contribution >= 4 is 0 Å². The first-order chi connectivity index (χ1) is 11.7. The molecule has 2 aromatic heterocycles. The fraction of sp³-hybridized carbons (Fsp3) is 0.556. The predicted molar refractivity (Wildman–Crippen MR) is 91.6 cm³/mol. The molecule has 0 spiro atoms. The minimum Gasteiger partial charge on any atom is -0.467 e. The summed E-state index contributed by atoms with van der Waals surface area (Å²) in [6.45, 7) is 3.61. The van der Waals surface area contributed by atoms with Gasteiger partial charge < -0.3 is 23.6 Å². The van der Waals surface area contributed by atoms with Crippen molar-refractivity contribution < 1.29 is 19.0 Å². The molecule has 0 amide bonds. The maximum absolute atomic E-state index is 10.3. The van der Waals surface area contributed by atoms with Crippen LogP contribution < -0.4 is 0 Å². The summed E-state index contributed by atoms with van der Waals surface area (Å²) in [6, 6.07) is 7.82. The molecule has 0 bridgehead atoms. The van der Waals surface area contributed by atoms with E-state index in [1.54, 1.807) is 13.4 Å². The van der Waals surface area contributed by atoms with E-state index in [0.29, 0.717) is 19.8 Å². The Morgan fingerprint density at radius 3 is 2.88 bits per heavy atom. The molecule has 0 aliphatic rings. The van der Waals surface area contributed by atoms with Crippen LogP contribution in [-0.2, 0) is 29.7 Å². The van der Waals surface area contributed by atoms with Crippen molar-refractivity contribution in [3.8, 4) is 0 Å². The maximum Gasteiger partial charge on any atom is 0.129 e. The van der Waals surface area contributed by atoms with E-state index in [-0.39, 0.29) is 6.61 Å². The number of hydrogen-bond acceptors (Lipinski definition) is 5. The molecule has 0 radical (unpaired) electrons. The number of aryl methyl sites for hydroxylation is 1. The van der Waals surface area contributed by atoms with Gasteiger partial charge in [-0.25, -0.2) is 0 Å². The van der Waals surface area contributed by atoms with Crippen LogP contribution in [0.1, 0.15) is 17.9 Å². The second-order valence-electron chi connectivity index (χ2n) is 5.94. The molecule has 2 heterocycles. The SMILES string of the molecule is COCCCN(Cc1cccn1C)CC(O)COCc1ccco1. The third-order valence-electron chi connectivity index (χ3n) is 3.86. The molecule has 0 fully saturated rings. The number of aromatic nitrogens is 1. The van der Waals surface area contributed by atoms with Crippen molar-refractivity contribution in [2.24, 2.45) is 7.05 Å². The number of hydrogen-bond donors (Lipinski definition) is 1. The zero-order valence-electron chi connectivity index (χ0n) is 14.6. The van der Waals surface area contributed by atoms with Crippen LogP contribution in [0.3, 0.4) is 0 Å². The highest BCUT2D eigenvalue weighted by Gasteiger charge is 2.14. The molecule has 0 aliphatic carbocycles. The van der Waals surface area contributed by atoms with E-state index in [0.717, 1.165) is 25.3 Å². The molecule has 0 aromatic carbocycles. The van der Waals surface area contributed by atoms with E-state index in [9.17, 15) is 5.11 Å². The van der Waals surface area contributed by atoms with Crippen molar-refractivity contribution in [2.45, 2.75) is 25.7 Å². The molecule has 0 saturated heterocycles. The number of aliphatic hydroxyl groups is 1. The molecule has 1 N–H and O–H groups in total. The van der Waals surface area contributed by atoms with Crippen molar-refractivity contribution in [2.75, 3.05) is 33.4 Å². The van der Waals surface area contributed by atoms with Crippen molar-refractivity contribution in [1.29, 1.82) is 0 Å². The Morgan fingerprint density at radius 2 is 2.21 bits per heavy atom. The fourth-order valence-corrected chi connectivity index (χ4v) is 2.60. The lowest BCUT2D eigenvalue weighted by Crippen LogP contribution is -2.36. The van der Waals surface area contributed by atoms with Gasteiger partial charge in [-0.05, 0) is 30.7 Å². The maximum atomic E-state index is 10.3. The Kier molecular flexibility index (Phi) is 8.04. The lowest BCUT2D eigenvalue weighted by molar-refractivity contribution is 0.00253. The van der Waals surface area contributed by atoms with E-state index in [4.69, 9.17) is 13.9 Å². The fourth-order valence-electron chi connectivity index (χ4n) is 2.60. The predicted octanol–water partition coefficient (Wildman–Crippen LogP) is 2.03. The first-order valence-corrected chi connectivity index (χ1v) is 8.28. The van der Waals surface area contributed by atoms with E-state index in [2.05, 4.69) is 15.5 Å². The first kappa shape index (κ1) is 18.7. The largest absolute Gasteiger partial charge is 0.467 e. The summed E-state index contributed by atoms with van der Waals surface area (Å²) in [5, 5.41) is 10.3. The third-order valence-corrected chi connectivity index (χ3v) is 3.86. The Hall–Kier alpha value is -1.60. The minimum atomic E-state index is -0.539. The van der Waals surface area contributed by atoms with Gasteiger partial charge in [-0.2, -0.15) is 0 Å². The molecule has 2 aromatic rings. The molecule has 1 unspecified atom stereocenters. The average molecular weight is 336 g/mol. The van der Waals surface area contributed by atoms with Crippen LogP contribution in [0, 0.1) is 0 Å². The van der Waals surface area contributed by atoms with Crippen LogP contribution >= 0.6 is 0 Å². The Morgan fingerprint density at radius 1 is 1.33 bits per heavy atom. The summed E-state index contributed by atoms with van der Waals surface area (Å²) >= 11 is 0. The van der Waals surface area contributed by atoms with Crippen LogP contribution in [0.25, 0.3) is 0 Å². The number of ether oxygens (including phenoxy) is 2. The van der Waals surface area contributed by atoms with Gasteiger partial charge in [0.15, 0.2) is 0 Å². The summed E-state index contributed by atoms with van der Waals surface area (Å²) in [7, 11) is 3.74. The van der Waals surface area contributed by atoms with E-state index in [1.165, 1.54) is 5.69 Å². The molecule has 24 heavy (non-hydrogen) atoms. The van der Waals surface area contributed by atoms with Crippen LogP contribution in [-0.4, -0.2) is 54.1 Å². The van der Waals surface area contributed by atoms with Gasteiger partial charge in [0, 0.05) is 52.3 Å². The van der Waals surface area contributed by atoms with Gasteiger partial charge in [-0.1, -0.05) is 0 Å². The van der Waals surface area contributed by atoms with Crippen molar-refractivity contribution in [3.63, 3.8) is 0 Å². The topological polar surface area (TPSA) is 60.0 Å². The van der Waals surface area contributed by atoms with Crippen molar-refractivity contribution in [3.05, 3.63) is 48.2 Å². The first-order valence-electron chi connectivity index (χ1n) is 8.28. The molecule has 1 atom stereocenters. The second kappa shape index (κ2) is 10.3. The van der Waals surface area contributed by atoms with Gasteiger partial charge in [0.2, 0.25) is 0 Å². The number of furan rings is 1. The smallest absolute Gasteiger partial charge is 0.129 e. The van der Waals surface area contributed by atoms with Crippen LogP contribution in [0.2, 0.25) is 0 Å². The second-order valence-corrected chi connectivity index (χ2v) is 5.94. The highest BCUT2D eigenvalue weighted by molar-refractivity contribution is 5.06. The number of methoxy groups -OCH3 is 1. The average Bonchev–Trinajstić information content (AvgIpc) is 3.20. The highest BCUT2D eigenvalue weighted by atomic mass is 16.5. The van der Waals surface area contributed by atoms with E-state index >= 15 is 0 Å². The van der Waals surface area contributed by atoms with Gasteiger partial charge in [0.1, 0.15) is 12.4 Å².